The van der Waals surface area contributed by atoms with Crippen LogP contribution in [0, 0.1) is 5.82 Å². The molecule has 0 aliphatic carbocycles. The normalized spacial score (nSPS) is 18.8. The molecule has 1 aliphatic rings. The molecule has 1 saturated heterocycles. The quantitative estimate of drug-likeness (QED) is 0.183. The fourth-order valence-corrected chi connectivity index (χ4v) is 4.75. The van der Waals surface area contributed by atoms with Gasteiger partial charge >= 0.3 is 12.3 Å². The van der Waals surface area contributed by atoms with Crippen LogP contribution in [-0.4, -0.2) is 64.2 Å². The molecule has 3 heterocycles. The van der Waals surface area contributed by atoms with Gasteiger partial charge in [-0.05, 0) is 64.8 Å². The largest absolute Gasteiger partial charge is 0.491 e. The molecule has 0 spiro atoms. The molecule has 1 amide bonds. The van der Waals surface area contributed by atoms with Crippen LogP contribution in [0.3, 0.4) is 0 Å². The average molecular weight is 591 g/mol. The van der Waals surface area contributed by atoms with Crippen molar-refractivity contribution in [3.05, 3.63) is 59.7 Å². The van der Waals surface area contributed by atoms with Crippen molar-refractivity contribution in [3.8, 4) is 5.75 Å². The molecule has 2 atom stereocenters. The van der Waals surface area contributed by atoms with Gasteiger partial charge in [0.25, 0.3) is 0 Å². The monoisotopic (exact) mass is 590 g/mol. The highest BCUT2D eigenvalue weighted by Gasteiger charge is 2.49. The molecule has 0 bridgehead atoms. The van der Waals surface area contributed by atoms with Crippen LogP contribution in [0.2, 0.25) is 0 Å². The van der Waals surface area contributed by atoms with Crippen LogP contribution in [0.25, 0.3) is 10.9 Å². The summed E-state index contributed by atoms with van der Waals surface area (Å²) in [7, 11) is 0. The molecule has 2 aromatic heterocycles. The number of rotatable bonds is 8. The van der Waals surface area contributed by atoms with E-state index >= 15 is 0 Å². The van der Waals surface area contributed by atoms with E-state index in [4.69, 9.17) is 9.47 Å². The first-order chi connectivity index (χ1) is 19.7. The third-order valence-corrected chi connectivity index (χ3v) is 6.52. The Balaban J connectivity index is 1.42. The highest BCUT2D eigenvalue weighted by Crippen LogP contribution is 2.41. The third kappa shape index (κ3) is 7.84. The Morgan fingerprint density at radius 1 is 1.21 bits per heavy atom. The predicted octanol–water partition coefficient (Wildman–Crippen LogP) is 6.21. The van der Waals surface area contributed by atoms with Crippen molar-refractivity contribution in [1.82, 2.24) is 20.2 Å². The number of hydrogen-bond donors (Lipinski definition) is 2. The summed E-state index contributed by atoms with van der Waals surface area (Å²) in [6.07, 6.45) is -2.34. The molecular weight excluding hydrogens is 556 g/mol. The number of ether oxygens (including phenoxy) is 2. The Hall–Kier alpha value is -4.00. The number of benzene rings is 1. The summed E-state index contributed by atoms with van der Waals surface area (Å²) < 4.78 is 67.3. The van der Waals surface area contributed by atoms with Gasteiger partial charge in [-0.25, -0.2) is 19.2 Å². The van der Waals surface area contributed by atoms with E-state index in [1.807, 2.05) is 0 Å². The summed E-state index contributed by atoms with van der Waals surface area (Å²) in [4.78, 5) is 22.1. The van der Waals surface area contributed by atoms with Gasteiger partial charge in [0.15, 0.2) is 11.6 Å². The minimum absolute atomic E-state index is 0.0157. The molecule has 2 N–H and O–H groups in total. The molecule has 13 heteroatoms. The van der Waals surface area contributed by atoms with Gasteiger partial charge in [-0.3, -0.25) is 10.3 Å². The lowest BCUT2D eigenvalue weighted by Crippen LogP contribution is -2.50. The summed E-state index contributed by atoms with van der Waals surface area (Å²) in [5.74, 6) is -0.146. The van der Waals surface area contributed by atoms with Gasteiger partial charge < -0.3 is 14.8 Å². The van der Waals surface area contributed by atoms with Gasteiger partial charge in [0.1, 0.15) is 17.5 Å². The van der Waals surface area contributed by atoms with Gasteiger partial charge in [0.2, 0.25) is 0 Å². The van der Waals surface area contributed by atoms with E-state index in [1.165, 1.54) is 35.4 Å². The number of carbonyl (C=O) groups excluding carboxylic acids is 1. The second-order valence-corrected chi connectivity index (χ2v) is 11.3. The van der Waals surface area contributed by atoms with Gasteiger partial charge in [0, 0.05) is 30.7 Å². The number of carbonyl (C=O) groups is 1. The van der Waals surface area contributed by atoms with Crippen LogP contribution in [-0.2, 0) is 4.74 Å². The highest BCUT2D eigenvalue weighted by atomic mass is 19.4. The Kier molecular flexibility index (Phi) is 8.90. The number of alkyl carbamates (subject to hydrolysis) is 1. The number of amides is 1. The Morgan fingerprint density at radius 3 is 2.62 bits per heavy atom. The highest BCUT2D eigenvalue weighted by molar-refractivity contribution is 5.86. The van der Waals surface area contributed by atoms with E-state index in [1.54, 1.807) is 46.8 Å². The minimum Gasteiger partial charge on any atom is -0.491 e. The fraction of sp³-hybridized carbons (Fsp3) is 0.448. The molecule has 1 fully saturated rings. The molecule has 0 saturated carbocycles. The molecule has 0 unspecified atom stereocenters. The van der Waals surface area contributed by atoms with Gasteiger partial charge in [-0.15, -0.1) is 0 Å². The number of likely N-dealkylation sites (tertiary alicyclic amines) is 1. The van der Waals surface area contributed by atoms with Gasteiger partial charge in [0.05, 0.1) is 29.6 Å². The second kappa shape index (κ2) is 12.1. The van der Waals surface area contributed by atoms with Crippen molar-refractivity contribution >= 4 is 29.0 Å². The standard InChI is InChI=1S/C29H34F4N6O3/c1-6-41-23-14-22-18(13-21(23)30)7-9-20(36-22)16-35-38-24-10-8-19(15-34-24)25(29(31,32)33)39-12-11-28(5,17-39)37-26(40)42-27(2,3)4/h7-10,13-16,25H,6,11-12,17H2,1-5H3,(H,34,38)(H,37,40)/b35-16-/t25-,28-/m0/s1. The van der Waals surface area contributed by atoms with Crippen LogP contribution >= 0.6 is 0 Å². The van der Waals surface area contributed by atoms with Crippen molar-refractivity contribution < 1.29 is 31.8 Å². The molecule has 0 radical (unpaired) electrons. The van der Waals surface area contributed by atoms with Crippen molar-refractivity contribution in [2.75, 3.05) is 25.1 Å². The van der Waals surface area contributed by atoms with E-state index in [0.29, 0.717) is 29.6 Å². The summed E-state index contributed by atoms with van der Waals surface area (Å²) in [5.41, 5.74) is 2.03. The fourth-order valence-electron chi connectivity index (χ4n) is 4.75. The summed E-state index contributed by atoms with van der Waals surface area (Å²) >= 11 is 0. The van der Waals surface area contributed by atoms with Crippen LogP contribution in [0.5, 0.6) is 5.75 Å². The Labute approximate surface area is 241 Å². The first-order valence-electron chi connectivity index (χ1n) is 13.5. The first kappa shape index (κ1) is 30.9. The van der Waals surface area contributed by atoms with Gasteiger partial charge in [-0.2, -0.15) is 18.3 Å². The summed E-state index contributed by atoms with van der Waals surface area (Å²) in [5, 5.41) is 7.40. The van der Waals surface area contributed by atoms with Gasteiger partial charge in [-0.1, -0.05) is 12.1 Å². The molecular formula is C29H34F4N6O3. The van der Waals surface area contributed by atoms with Crippen LogP contribution in [0.4, 0.5) is 28.2 Å². The van der Waals surface area contributed by atoms with Crippen molar-refractivity contribution in [2.45, 2.75) is 64.4 Å². The maximum atomic E-state index is 14.2. The zero-order valence-electron chi connectivity index (χ0n) is 24.1. The topological polar surface area (TPSA) is 101 Å². The van der Waals surface area contributed by atoms with E-state index in [9.17, 15) is 22.4 Å². The average Bonchev–Trinajstić information content (AvgIpc) is 3.24. The molecule has 42 heavy (non-hydrogen) atoms. The minimum atomic E-state index is -4.57. The predicted molar refractivity (Wildman–Crippen MR) is 151 cm³/mol. The van der Waals surface area contributed by atoms with Crippen LogP contribution in [0.1, 0.15) is 58.3 Å². The lowest BCUT2D eigenvalue weighted by Gasteiger charge is -2.32. The maximum absolute atomic E-state index is 14.2. The molecule has 1 aromatic carbocycles. The zero-order valence-corrected chi connectivity index (χ0v) is 24.1. The zero-order chi connectivity index (χ0) is 30.7. The van der Waals surface area contributed by atoms with E-state index < -0.39 is 35.3 Å². The second-order valence-electron chi connectivity index (χ2n) is 11.3. The number of fused-ring (bicyclic) bond motifs is 1. The molecule has 226 valence electrons. The van der Waals surface area contributed by atoms with Crippen LogP contribution in [0.15, 0.2) is 47.7 Å². The maximum Gasteiger partial charge on any atom is 0.408 e. The lowest BCUT2D eigenvalue weighted by molar-refractivity contribution is -0.184. The third-order valence-electron chi connectivity index (χ3n) is 6.52. The van der Waals surface area contributed by atoms with Crippen molar-refractivity contribution in [1.29, 1.82) is 0 Å². The lowest BCUT2D eigenvalue weighted by atomic mass is 10.0. The number of halogens is 4. The summed E-state index contributed by atoms with van der Waals surface area (Å²) in [6, 6.07) is 7.04. The van der Waals surface area contributed by atoms with E-state index in [2.05, 4.69) is 25.8 Å². The number of hydrazone groups is 1. The summed E-state index contributed by atoms with van der Waals surface area (Å²) in [6.45, 7) is 9.03. The Bertz CT molecular complexity index is 1440. The number of nitrogens with zero attached hydrogens (tertiary/aromatic N) is 4. The number of aromatic nitrogens is 2. The Morgan fingerprint density at radius 2 is 1.98 bits per heavy atom. The molecule has 4 rings (SSSR count). The van der Waals surface area contributed by atoms with E-state index in [0.717, 1.165) is 6.20 Å². The number of alkyl halides is 3. The molecule has 9 nitrogen and oxygen atoms in total. The number of nitrogens with one attached hydrogen (secondary N) is 2. The molecule has 1 aliphatic heterocycles. The SMILES string of the molecule is CCOc1cc2nc(/C=N\Nc3ccc([C@H](N4CC[C@](C)(NC(=O)OC(C)(C)C)C4)C(F)(F)F)cn3)ccc2cc1F. The van der Waals surface area contributed by atoms with Crippen molar-refractivity contribution in [2.24, 2.45) is 5.10 Å². The van der Waals surface area contributed by atoms with E-state index in [-0.39, 0.29) is 30.2 Å². The van der Waals surface area contributed by atoms with Crippen molar-refractivity contribution in [3.63, 3.8) is 0 Å². The van der Waals surface area contributed by atoms with Crippen LogP contribution < -0.4 is 15.5 Å². The first-order valence-corrected chi connectivity index (χ1v) is 13.5. The number of hydrogen-bond acceptors (Lipinski definition) is 8. The number of anilines is 1. The molecule has 3 aromatic rings. The smallest absolute Gasteiger partial charge is 0.408 e. The number of pyridine rings is 2.